The summed E-state index contributed by atoms with van der Waals surface area (Å²) in [5.41, 5.74) is 1.69. The third-order valence-electron chi connectivity index (χ3n) is 5.51. The van der Waals surface area contributed by atoms with Crippen molar-refractivity contribution in [3.63, 3.8) is 0 Å². The molecule has 0 saturated carbocycles. The zero-order chi connectivity index (χ0) is 25.0. The van der Waals surface area contributed by atoms with Gasteiger partial charge >= 0.3 is 17.9 Å². The van der Waals surface area contributed by atoms with E-state index < -0.39 is 17.0 Å². The number of carbonyl (C=O) groups excluding carboxylic acids is 3. The number of esters is 3. The molecule has 1 N–H and O–H groups in total. The number of aromatic nitrogens is 1. The second kappa shape index (κ2) is 10.2. The number of rotatable bonds is 7. The molecule has 1 aromatic heterocycles. The van der Waals surface area contributed by atoms with Gasteiger partial charge in [0.25, 0.3) is 0 Å². The highest BCUT2D eigenvalue weighted by atomic mass is 16.6. The molecule has 0 radical (unpaired) electrons. The summed E-state index contributed by atoms with van der Waals surface area (Å²) in [6, 6.07) is 0. The molecule has 1 aromatic rings. The molecular weight excluding hydrogens is 428 g/mol. The van der Waals surface area contributed by atoms with Crippen molar-refractivity contribution in [3.8, 4) is 0 Å². The van der Waals surface area contributed by atoms with Crippen LogP contribution in [-0.2, 0) is 35.0 Å². The average molecular weight is 463 g/mol. The molecule has 0 saturated heterocycles. The van der Waals surface area contributed by atoms with Crippen LogP contribution in [0.1, 0.15) is 74.3 Å². The topological polar surface area (TPSA) is 116 Å². The Kier molecular flexibility index (Phi) is 8.11. The minimum absolute atomic E-state index is 0.118. The Morgan fingerprint density at radius 3 is 2.30 bits per heavy atom. The number of H-pyrrole nitrogens is 1. The van der Waals surface area contributed by atoms with E-state index in [9.17, 15) is 14.4 Å². The van der Waals surface area contributed by atoms with Crippen molar-refractivity contribution in [1.82, 2.24) is 4.98 Å². The van der Waals surface area contributed by atoms with Gasteiger partial charge < -0.3 is 23.9 Å². The minimum atomic E-state index is -0.684. The van der Waals surface area contributed by atoms with Gasteiger partial charge in [0.2, 0.25) is 0 Å². The van der Waals surface area contributed by atoms with Crippen molar-refractivity contribution in [1.29, 1.82) is 0 Å². The second-order valence-electron chi connectivity index (χ2n) is 9.32. The van der Waals surface area contributed by atoms with E-state index in [1.807, 2.05) is 13.8 Å². The molecule has 0 amide bonds. The molecule has 0 bridgehead atoms. The third kappa shape index (κ3) is 6.46. The summed E-state index contributed by atoms with van der Waals surface area (Å²) < 4.78 is 20.5. The van der Waals surface area contributed by atoms with E-state index >= 15 is 0 Å². The molecule has 9 heteroatoms. The van der Waals surface area contributed by atoms with E-state index in [0.717, 1.165) is 5.56 Å². The molecule has 33 heavy (non-hydrogen) atoms. The Balaban J connectivity index is 2.54. The van der Waals surface area contributed by atoms with Crippen molar-refractivity contribution >= 4 is 29.9 Å². The lowest BCUT2D eigenvalue weighted by atomic mass is 9.81. The van der Waals surface area contributed by atoms with Crippen LogP contribution in [0.2, 0.25) is 0 Å². The van der Waals surface area contributed by atoms with Crippen molar-refractivity contribution in [2.75, 3.05) is 21.3 Å². The Hall–Kier alpha value is -3.10. The molecule has 0 fully saturated rings. The second-order valence-corrected chi connectivity index (χ2v) is 9.32. The van der Waals surface area contributed by atoms with Gasteiger partial charge in [-0.2, -0.15) is 0 Å². The van der Waals surface area contributed by atoms with Crippen LogP contribution in [0.15, 0.2) is 10.7 Å². The Morgan fingerprint density at radius 1 is 1.12 bits per heavy atom. The molecular formula is C24H34N2O7. The molecule has 1 aliphatic rings. The highest BCUT2D eigenvalue weighted by Gasteiger charge is 2.40. The predicted octanol–water partition coefficient (Wildman–Crippen LogP) is 3.74. The van der Waals surface area contributed by atoms with Crippen LogP contribution in [0.25, 0.3) is 6.08 Å². The standard InChI is InChI=1S/C24H34N2O7/c1-14-15(9-10-19(27)31-7)21(22(29)33-23(2,3)4)25-16(14)11-17-24(5,13-20(28)32-8)12-18(26-17)30-6/h11,25H,9-10,12-13H2,1-8H3/b17-11-/t24-/m1/s1. The van der Waals surface area contributed by atoms with Gasteiger partial charge in [0, 0.05) is 24.0 Å². The number of allylic oxidation sites excluding steroid dienone is 1. The SMILES string of the molecule is COC(=O)CCc1c(C(=O)OC(C)(C)C)[nH]c(/C=C2\N=C(OC)C[C@]2(C)CC(=O)OC)c1C. The quantitative estimate of drug-likeness (QED) is 0.485. The average Bonchev–Trinajstić information content (AvgIpc) is 3.21. The summed E-state index contributed by atoms with van der Waals surface area (Å²) >= 11 is 0. The maximum absolute atomic E-state index is 12.9. The van der Waals surface area contributed by atoms with Gasteiger partial charge in [-0.1, -0.05) is 6.92 Å². The van der Waals surface area contributed by atoms with Crippen LogP contribution in [0.4, 0.5) is 0 Å². The molecule has 0 unspecified atom stereocenters. The van der Waals surface area contributed by atoms with Crippen LogP contribution < -0.4 is 0 Å². The summed E-state index contributed by atoms with van der Waals surface area (Å²) in [7, 11) is 4.20. The van der Waals surface area contributed by atoms with Crippen molar-refractivity contribution < 1.29 is 33.3 Å². The fraction of sp³-hybridized carbons (Fsp3) is 0.583. The highest BCUT2D eigenvalue weighted by molar-refractivity contribution is 5.91. The molecule has 182 valence electrons. The Morgan fingerprint density at radius 2 is 1.76 bits per heavy atom. The molecule has 9 nitrogen and oxygen atoms in total. The Labute approximate surface area is 194 Å². The van der Waals surface area contributed by atoms with Gasteiger partial charge in [0.15, 0.2) is 5.90 Å². The number of nitrogens with zero attached hydrogens (tertiary/aromatic N) is 1. The summed E-state index contributed by atoms with van der Waals surface area (Å²) in [6.45, 7) is 9.13. The summed E-state index contributed by atoms with van der Waals surface area (Å²) in [6.07, 6.45) is 2.80. The molecule has 0 spiro atoms. The van der Waals surface area contributed by atoms with Gasteiger partial charge in [0.1, 0.15) is 11.3 Å². The lowest BCUT2D eigenvalue weighted by Gasteiger charge is -2.22. The van der Waals surface area contributed by atoms with Gasteiger partial charge in [-0.05, 0) is 51.3 Å². The van der Waals surface area contributed by atoms with Crippen molar-refractivity contribution in [2.24, 2.45) is 10.4 Å². The third-order valence-corrected chi connectivity index (χ3v) is 5.51. The van der Waals surface area contributed by atoms with Gasteiger partial charge in [-0.3, -0.25) is 9.59 Å². The van der Waals surface area contributed by atoms with Gasteiger partial charge in [-0.25, -0.2) is 9.79 Å². The van der Waals surface area contributed by atoms with E-state index in [2.05, 4.69) is 9.98 Å². The number of methoxy groups -OCH3 is 3. The summed E-state index contributed by atoms with van der Waals surface area (Å²) in [4.78, 5) is 44.4. The van der Waals surface area contributed by atoms with E-state index in [1.54, 1.807) is 26.8 Å². The lowest BCUT2D eigenvalue weighted by Crippen LogP contribution is -2.24. The fourth-order valence-electron chi connectivity index (χ4n) is 3.68. The van der Waals surface area contributed by atoms with Crippen LogP contribution in [0.3, 0.4) is 0 Å². The molecule has 0 aromatic carbocycles. The largest absolute Gasteiger partial charge is 0.484 e. The number of ether oxygens (including phenoxy) is 4. The number of hydrogen-bond donors (Lipinski definition) is 1. The monoisotopic (exact) mass is 462 g/mol. The van der Waals surface area contributed by atoms with Crippen LogP contribution in [-0.4, -0.2) is 55.7 Å². The van der Waals surface area contributed by atoms with Crippen LogP contribution in [0.5, 0.6) is 0 Å². The highest BCUT2D eigenvalue weighted by Crippen LogP contribution is 2.43. The van der Waals surface area contributed by atoms with E-state index in [0.29, 0.717) is 35.7 Å². The summed E-state index contributed by atoms with van der Waals surface area (Å²) in [5, 5.41) is 0. The molecule has 1 aliphatic heterocycles. The minimum Gasteiger partial charge on any atom is -0.484 e. The maximum Gasteiger partial charge on any atom is 0.355 e. The number of aromatic amines is 1. The van der Waals surface area contributed by atoms with E-state index in [1.165, 1.54) is 21.3 Å². The number of nitrogens with one attached hydrogen (secondary N) is 1. The van der Waals surface area contributed by atoms with Crippen LogP contribution in [0, 0.1) is 12.3 Å². The van der Waals surface area contributed by atoms with Gasteiger partial charge in [0.05, 0.1) is 33.4 Å². The molecule has 0 aliphatic carbocycles. The molecule has 2 rings (SSSR count). The first kappa shape index (κ1) is 26.2. The first-order valence-electron chi connectivity index (χ1n) is 10.8. The normalized spacial score (nSPS) is 19.3. The van der Waals surface area contributed by atoms with Gasteiger partial charge in [-0.15, -0.1) is 0 Å². The zero-order valence-electron chi connectivity index (χ0n) is 20.7. The van der Waals surface area contributed by atoms with Crippen LogP contribution >= 0.6 is 0 Å². The zero-order valence-corrected chi connectivity index (χ0v) is 20.7. The first-order chi connectivity index (χ1) is 15.3. The first-order valence-corrected chi connectivity index (χ1v) is 10.8. The Bertz CT molecular complexity index is 982. The number of aliphatic imine (C=N–C) groups is 1. The maximum atomic E-state index is 12.9. The predicted molar refractivity (Wildman–Crippen MR) is 123 cm³/mol. The smallest absolute Gasteiger partial charge is 0.355 e. The van der Waals surface area contributed by atoms with E-state index in [4.69, 9.17) is 18.9 Å². The lowest BCUT2D eigenvalue weighted by molar-refractivity contribution is -0.142. The van der Waals surface area contributed by atoms with Crippen molar-refractivity contribution in [3.05, 3.63) is 28.2 Å². The molecule has 1 atom stereocenters. The number of carbonyl (C=O) groups is 3. The number of hydrogen-bond acceptors (Lipinski definition) is 8. The summed E-state index contributed by atoms with van der Waals surface area (Å²) in [5.74, 6) is -0.733. The fourth-order valence-corrected chi connectivity index (χ4v) is 3.68. The van der Waals surface area contributed by atoms with E-state index in [-0.39, 0.29) is 30.5 Å². The van der Waals surface area contributed by atoms with Crippen molar-refractivity contribution in [2.45, 2.75) is 65.9 Å². The molecule has 2 heterocycles.